The van der Waals surface area contributed by atoms with Gasteiger partial charge in [-0.1, -0.05) is 17.3 Å². The number of nitrogens with one attached hydrogen (secondary N) is 1. The molecule has 1 aromatic carbocycles. The SMILES string of the molecule is CNC(=O)C(=NOC)c1ccccc1Oc1ncccn1. The maximum Gasteiger partial charge on any atom is 0.321 e. The summed E-state index contributed by atoms with van der Waals surface area (Å²) in [7, 11) is 2.88. The monoisotopic (exact) mass is 286 g/mol. The normalized spacial score (nSPS) is 10.9. The van der Waals surface area contributed by atoms with Crippen LogP contribution in [-0.2, 0) is 9.63 Å². The van der Waals surface area contributed by atoms with Gasteiger partial charge in [-0.05, 0) is 18.2 Å². The van der Waals surface area contributed by atoms with Gasteiger partial charge in [0.25, 0.3) is 5.91 Å². The van der Waals surface area contributed by atoms with Gasteiger partial charge in [-0.2, -0.15) is 0 Å². The molecular weight excluding hydrogens is 272 g/mol. The van der Waals surface area contributed by atoms with Crippen LogP contribution in [-0.4, -0.2) is 35.7 Å². The number of amides is 1. The zero-order valence-corrected chi connectivity index (χ0v) is 11.6. The number of hydrogen-bond donors (Lipinski definition) is 1. The van der Waals surface area contributed by atoms with E-state index in [0.717, 1.165) is 0 Å². The summed E-state index contributed by atoms with van der Waals surface area (Å²) in [4.78, 5) is 24.6. The molecule has 2 aromatic rings. The second kappa shape index (κ2) is 6.99. The fourth-order valence-corrected chi connectivity index (χ4v) is 1.61. The van der Waals surface area contributed by atoms with Crippen LogP contribution in [0.4, 0.5) is 0 Å². The Morgan fingerprint density at radius 1 is 1.19 bits per heavy atom. The smallest absolute Gasteiger partial charge is 0.321 e. The van der Waals surface area contributed by atoms with Crippen molar-refractivity contribution in [2.75, 3.05) is 14.2 Å². The molecule has 0 unspecified atom stereocenters. The number of hydrogen-bond acceptors (Lipinski definition) is 6. The van der Waals surface area contributed by atoms with Crippen molar-refractivity contribution in [3.8, 4) is 11.8 Å². The predicted molar refractivity (Wildman–Crippen MR) is 76.2 cm³/mol. The third-order valence-corrected chi connectivity index (χ3v) is 2.51. The standard InChI is InChI=1S/C14H14N4O3/c1-15-13(19)12(18-20-2)10-6-3-4-7-11(10)21-14-16-8-5-9-17-14/h3-9H,1-2H3,(H,15,19). The summed E-state index contributed by atoms with van der Waals surface area (Å²) in [6, 6.07) is 8.79. The molecular formula is C14H14N4O3. The number of ether oxygens (including phenoxy) is 1. The highest BCUT2D eigenvalue weighted by atomic mass is 16.6. The van der Waals surface area contributed by atoms with Crippen LogP contribution < -0.4 is 10.1 Å². The van der Waals surface area contributed by atoms with Gasteiger partial charge in [0.15, 0.2) is 5.71 Å². The number of nitrogens with zero attached hydrogens (tertiary/aromatic N) is 3. The van der Waals surface area contributed by atoms with Crippen LogP contribution in [0.25, 0.3) is 0 Å². The van der Waals surface area contributed by atoms with E-state index in [1.54, 1.807) is 42.7 Å². The Hall–Kier alpha value is -2.96. The molecule has 7 heteroatoms. The van der Waals surface area contributed by atoms with Crippen LogP contribution in [0.5, 0.6) is 11.8 Å². The molecule has 108 valence electrons. The first-order valence-electron chi connectivity index (χ1n) is 6.13. The van der Waals surface area contributed by atoms with Crippen molar-refractivity contribution in [2.45, 2.75) is 0 Å². The molecule has 1 aromatic heterocycles. The van der Waals surface area contributed by atoms with E-state index < -0.39 is 0 Å². The molecule has 0 radical (unpaired) electrons. The van der Waals surface area contributed by atoms with Crippen molar-refractivity contribution < 1.29 is 14.4 Å². The Morgan fingerprint density at radius 3 is 2.57 bits per heavy atom. The Kier molecular flexibility index (Phi) is 4.81. The van der Waals surface area contributed by atoms with Gasteiger partial charge in [-0.25, -0.2) is 9.97 Å². The molecule has 0 spiro atoms. The van der Waals surface area contributed by atoms with Crippen LogP contribution in [0.3, 0.4) is 0 Å². The number of oxime groups is 1. The van der Waals surface area contributed by atoms with Crippen LogP contribution in [0.2, 0.25) is 0 Å². The highest BCUT2D eigenvalue weighted by molar-refractivity contribution is 6.45. The average Bonchev–Trinajstić information content (AvgIpc) is 2.54. The summed E-state index contributed by atoms with van der Waals surface area (Å²) in [5.41, 5.74) is 0.581. The Labute approximate surface area is 121 Å². The van der Waals surface area contributed by atoms with Gasteiger partial charge in [-0.3, -0.25) is 4.79 Å². The first-order chi connectivity index (χ1) is 10.3. The molecule has 0 aliphatic rings. The van der Waals surface area contributed by atoms with Gasteiger partial charge in [0.05, 0.1) is 5.56 Å². The Bertz CT molecular complexity index is 644. The lowest BCUT2D eigenvalue weighted by molar-refractivity contribution is -0.114. The maximum absolute atomic E-state index is 11.9. The molecule has 0 bridgehead atoms. The van der Waals surface area contributed by atoms with Crippen molar-refractivity contribution in [1.29, 1.82) is 0 Å². The minimum absolute atomic E-state index is 0.103. The van der Waals surface area contributed by atoms with Gasteiger partial charge >= 0.3 is 6.01 Å². The van der Waals surface area contributed by atoms with Crippen molar-refractivity contribution in [3.05, 3.63) is 48.3 Å². The number of carbonyl (C=O) groups excluding carboxylic acids is 1. The number of aromatic nitrogens is 2. The largest absolute Gasteiger partial charge is 0.424 e. The van der Waals surface area contributed by atoms with E-state index in [4.69, 9.17) is 9.57 Å². The topological polar surface area (TPSA) is 85.7 Å². The number of rotatable bonds is 5. The fourth-order valence-electron chi connectivity index (χ4n) is 1.61. The van der Waals surface area contributed by atoms with Crippen LogP contribution in [0.15, 0.2) is 47.9 Å². The molecule has 21 heavy (non-hydrogen) atoms. The quantitative estimate of drug-likeness (QED) is 0.662. The molecule has 0 atom stereocenters. The van der Waals surface area contributed by atoms with E-state index >= 15 is 0 Å². The van der Waals surface area contributed by atoms with E-state index in [2.05, 4.69) is 20.4 Å². The van der Waals surface area contributed by atoms with Gasteiger partial charge in [0.1, 0.15) is 12.9 Å². The minimum atomic E-state index is -0.387. The van der Waals surface area contributed by atoms with Crippen LogP contribution >= 0.6 is 0 Å². The minimum Gasteiger partial charge on any atom is -0.424 e. The summed E-state index contributed by atoms with van der Waals surface area (Å²) in [6.07, 6.45) is 3.13. The zero-order valence-electron chi connectivity index (χ0n) is 11.6. The highest BCUT2D eigenvalue weighted by Crippen LogP contribution is 2.23. The molecule has 1 N–H and O–H groups in total. The molecule has 0 aliphatic heterocycles. The number of likely N-dealkylation sites (N-methyl/N-ethyl adjacent to an activating group) is 1. The molecule has 7 nitrogen and oxygen atoms in total. The van der Waals surface area contributed by atoms with E-state index in [-0.39, 0.29) is 17.6 Å². The molecule has 1 heterocycles. The third-order valence-electron chi connectivity index (χ3n) is 2.51. The third kappa shape index (κ3) is 3.53. The zero-order chi connectivity index (χ0) is 15.1. The lowest BCUT2D eigenvalue weighted by Crippen LogP contribution is -2.28. The Morgan fingerprint density at radius 2 is 1.90 bits per heavy atom. The second-order valence-electron chi connectivity index (χ2n) is 3.83. The first kappa shape index (κ1) is 14.4. The van der Waals surface area contributed by atoms with E-state index in [1.165, 1.54) is 14.2 Å². The highest BCUT2D eigenvalue weighted by Gasteiger charge is 2.18. The lowest BCUT2D eigenvalue weighted by Gasteiger charge is -2.10. The van der Waals surface area contributed by atoms with Gasteiger partial charge in [-0.15, -0.1) is 0 Å². The first-order valence-corrected chi connectivity index (χ1v) is 6.13. The predicted octanol–water partition coefficient (Wildman–Crippen LogP) is 1.37. The lowest BCUT2D eigenvalue weighted by atomic mass is 10.1. The summed E-state index contributed by atoms with van der Waals surface area (Å²) >= 11 is 0. The van der Waals surface area contributed by atoms with Crippen molar-refractivity contribution in [2.24, 2.45) is 5.16 Å². The summed E-state index contributed by atoms with van der Waals surface area (Å²) < 4.78 is 5.59. The van der Waals surface area contributed by atoms with Crippen molar-refractivity contribution in [3.63, 3.8) is 0 Å². The summed E-state index contributed by atoms with van der Waals surface area (Å²) in [6.45, 7) is 0. The van der Waals surface area contributed by atoms with Crippen LogP contribution in [0, 0.1) is 0 Å². The van der Waals surface area contributed by atoms with E-state index in [0.29, 0.717) is 11.3 Å². The fraction of sp³-hybridized carbons (Fsp3) is 0.143. The summed E-state index contributed by atoms with van der Waals surface area (Å²) in [5, 5.41) is 6.25. The second-order valence-corrected chi connectivity index (χ2v) is 3.83. The number of para-hydroxylation sites is 1. The molecule has 2 rings (SSSR count). The molecule has 0 saturated carbocycles. The van der Waals surface area contributed by atoms with Crippen molar-refractivity contribution in [1.82, 2.24) is 15.3 Å². The van der Waals surface area contributed by atoms with Crippen molar-refractivity contribution >= 4 is 11.6 Å². The van der Waals surface area contributed by atoms with Gasteiger partial charge in [0.2, 0.25) is 0 Å². The van der Waals surface area contributed by atoms with Gasteiger partial charge in [0, 0.05) is 19.4 Å². The molecule has 1 amide bonds. The number of carbonyl (C=O) groups is 1. The molecule has 0 fully saturated rings. The summed E-state index contributed by atoms with van der Waals surface area (Å²) in [5.74, 6) is 0.0185. The average molecular weight is 286 g/mol. The van der Waals surface area contributed by atoms with E-state index in [9.17, 15) is 4.79 Å². The van der Waals surface area contributed by atoms with Gasteiger partial charge < -0.3 is 14.9 Å². The maximum atomic E-state index is 11.9. The molecule has 0 saturated heterocycles. The van der Waals surface area contributed by atoms with E-state index in [1.807, 2.05) is 0 Å². The van der Waals surface area contributed by atoms with Crippen LogP contribution in [0.1, 0.15) is 5.56 Å². The Balaban J connectivity index is 2.40. The number of benzene rings is 1. The molecule has 0 aliphatic carbocycles.